The molecular weight excluding hydrogens is 683 g/mol. The van der Waals surface area contributed by atoms with Gasteiger partial charge in [0.15, 0.2) is 0 Å². The minimum absolute atomic E-state index is 0.0169. The molecule has 51 heavy (non-hydrogen) atoms. The average Bonchev–Trinajstić information content (AvgIpc) is 3.16. The Kier molecular flexibility index (Phi) is 13.4. The van der Waals surface area contributed by atoms with E-state index in [2.05, 4.69) is 5.32 Å². The summed E-state index contributed by atoms with van der Waals surface area (Å²) in [5.74, 6) is 0.413. The second kappa shape index (κ2) is 18.1. The Hall–Kier alpha value is -4.48. The molecule has 1 N–H and O–H groups in total. The molecule has 0 bridgehead atoms. The van der Waals surface area contributed by atoms with Gasteiger partial charge in [0, 0.05) is 23.9 Å². The van der Waals surface area contributed by atoms with Gasteiger partial charge in [0.05, 0.1) is 24.3 Å². The lowest BCUT2D eigenvalue weighted by molar-refractivity contribution is -0.140. The number of anilines is 1. The van der Waals surface area contributed by atoms with Crippen LogP contribution in [0, 0.1) is 0 Å². The van der Waals surface area contributed by atoms with Gasteiger partial charge in [0.1, 0.15) is 24.1 Å². The van der Waals surface area contributed by atoms with Crippen molar-refractivity contribution in [3.63, 3.8) is 0 Å². The highest BCUT2D eigenvalue weighted by molar-refractivity contribution is 7.98. The average molecular weight is 730 g/mol. The molecule has 1 fully saturated rings. The first-order valence-electron chi connectivity index (χ1n) is 17.4. The van der Waals surface area contributed by atoms with Gasteiger partial charge in [-0.1, -0.05) is 61.7 Å². The van der Waals surface area contributed by atoms with E-state index in [0.717, 1.165) is 52.4 Å². The van der Waals surface area contributed by atoms with Gasteiger partial charge in [-0.3, -0.25) is 13.9 Å². The molecule has 9 nitrogen and oxygen atoms in total. The number of sulfonamides is 1. The molecule has 1 atom stereocenters. The zero-order valence-electron chi connectivity index (χ0n) is 29.5. The van der Waals surface area contributed by atoms with E-state index in [4.69, 9.17) is 9.47 Å². The molecule has 0 heterocycles. The molecule has 0 aliphatic heterocycles. The van der Waals surface area contributed by atoms with Crippen LogP contribution >= 0.6 is 11.8 Å². The predicted octanol–water partition coefficient (Wildman–Crippen LogP) is 7.10. The van der Waals surface area contributed by atoms with Gasteiger partial charge in [0.2, 0.25) is 11.8 Å². The van der Waals surface area contributed by atoms with Crippen molar-refractivity contribution >= 4 is 39.3 Å². The molecule has 0 radical (unpaired) electrons. The van der Waals surface area contributed by atoms with Crippen LogP contribution in [0.1, 0.15) is 50.2 Å². The number of nitrogens with one attached hydrogen (secondary N) is 1. The smallest absolute Gasteiger partial charge is 0.264 e. The maximum atomic E-state index is 14.8. The van der Waals surface area contributed by atoms with Gasteiger partial charge in [-0.2, -0.15) is 0 Å². The first-order valence-corrected chi connectivity index (χ1v) is 20.0. The van der Waals surface area contributed by atoms with Crippen LogP contribution in [0.5, 0.6) is 11.5 Å². The minimum atomic E-state index is -4.23. The maximum absolute atomic E-state index is 14.8. The molecule has 4 aromatic carbocycles. The van der Waals surface area contributed by atoms with Crippen LogP contribution in [0.2, 0.25) is 0 Å². The number of amides is 2. The molecule has 0 unspecified atom stereocenters. The Morgan fingerprint density at radius 2 is 1.55 bits per heavy atom. The van der Waals surface area contributed by atoms with Crippen LogP contribution in [0.4, 0.5) is 5.69 Å². The van der Waals surface area contributed by atoms with E-state index >= 15 is 0 Å². The number of carbonyl (C=O) groups excluding carboxylic acids is 2. The molecule has 0 saturated heterocycles. The van der Waals surface area contributed by atoms with Crippen molar-refractivity contribution in [2.24, 2.45) is 0 Å². The maximum Gasteiger partial charge on any atom is 0.264 e. The molecule has 11 heteroatoms. The summed E-state index contributed by atoms with van der Waals surface area (Å²) in [5.41, 5.74) is 1.93. The van der Waals surface area contributed by atoms with Crippen molar-refractivity contribution in [2.75, 3.05) is 30.8 Å². The van der Waals surface area contributed by atoms with E-state index in [1.807, 2.05) is 67.8 Å². The summed E-state index contributed by atoms with van der Waals surface area (Å²) in [6.45, 7) is 1.85. The fourth-order valence-corrected chi connectivity index (χ4v) is 8.17. The number of thioether (sulfide) groups is 1. The predicted molar refractivity (Wildman–Crippen MR) is 203 cm³/mol. The summed E-state index contributed by atoms with van der Waals surface area (Å²) in [6.07, 6.45) is 7.14. The second-order valence-corrected chi connectivity index (χ2v) is 15.3. The Balaban J connectivity index is 1.57. The summed E-state index contributed by atoms with van der Waals surface area (Å²) in [7, 11) is -2.66. The fourth-order valence-electron chi connectivity index (χ4n) is 6.34. The van der Waals surface area contributed by atoms with Crippen molar-refractivity contribution in [3.8, 4) is 11.5 Å². The van der Waals surface area contributed by atoms with Gasteiger partial charge in [-0.15, -0.1) is 11.8 Å². The summed E-state index contributed by atoms with van der Waals surface area (Å²) < 4.78 is 41.1. The number of methoxy groups -OCH3 is 1. The molecule has 270 valence electrons. The third kappa shape index (κ3) is 10.1. The fraction of sp³-hybridized carbons (Fsp3) is 0.350. The van der Waals surface area contributed by atoms with Gasteiger partial charge >= 0.3 is 0 Å². The van der Waals surface area contributed by atoms with Crippen LogP contribution in [0.3, 0.4) is 0 Å². The molecular formula is C40H47N3O6S2. The molecule has 1 saturated carbocycles. The van der Waals surface area contributed by atoms with Crippen molar-refractivity contribution in [1.82, 2.24) is 10.2 Å². The standard InChI is InChI=1S/C40H47N3O6S2/c1-4-49-34-20-18-33(19-21-34)43(51(46,47)37-24-22-36(50-3)23-25-37)29-39(44)42(28-31-14-11-17-35(26-31)48-2)38(27-30-12-7-5-8-13-30)40(45)41-32-15-9-6-10-16-32/h5,7-8,11-14,17-26,32,38H,4,6,9-10,15-16,27-29H2,1-3H3,(H,41,45)/t38-/m1/s1. The van der Waals surface area contributed by atoms with E-state index in [1.165, 1.54) is 16.7 Å². The number of nitrogens with zero attached hydrogens (tertiary/aromatic N) is 2. The van der Waals surface area contributed by atoms with Crippen molar-refractivity contribution < 1.29 is 27.5 Å². The van der Waals surface area contributed by atoms with Crippen LogP contribution in [0.25, 0.3) is 0 Å². The van der Waals surface area contributed by atoms with Gasteiger partial charge < -0.3 is 19.7 Å². The number of benzene rings is 4. The third-order valence-electron chi connectivity index (χ3n) is 9.07. The largest absolute Gasteiger partial charge is 0.497 e. The first kappa shape index (κ1) is 37.8. The molecule has 2 amide bonds. The van der Waals surface area contributed by atoms with E-state index in [-0.39, 0.29) is 29.8 Å². The van der Waals surface area contributed by atoms with E-state index in [9.17, 15) is 18.0 Å². The monoisotopic (exact) mass is 729 g/mol. The minimum Gasteiger partial charge on any atom is -0.497 e. The highest BCUT2D eigenvalue weighted by Gasteiger charge is 2.35. The van der Waals surface area contributed by atoms with E-state index in [0.29, 0.717) is 23.8 Å². The lowest BCUT2D eigenvalue weighted by Gasteiger charge is -2.35. The van der Waals surface area contributed by atoms with E-state index < -0.39 is 28.5 Å². The summed E-state index contributed by atoms with van der Waals surface area (Å²) in [6, 6.07) is 29.3. The highest BCUT2D eigenvalue weighted by atomic mass is 32.2. The zero-order valence-corrected chi connectivity index (χ0v) is 31.1. The van der Waals surface area contributed by atoms with Crippen LogP contribution in [-0.4, -0.2) is 63.7 Å². The number of hydrogen-bond donors (Lipinski definition) is 1. The van der Waals surface area contributed by atoms with Crippen LogP contribution in [-0.2, 0) is 32.6 Å². The third-order valence-corrected chi connectivity index (χ3v) is 11.6. The van der Waals surface area contributed by atoms with Gasteiger partial charge in [0.25, 0.3) is 10.0 Å². The Morgan fingerprint density at radius 1 is 0.863 bits per heavy atom. The quantitative estimate of drug-likeness (QED) is 0.123. The normalized spacial score (nSPS) is 13.9. The topological polar surface area (TPSA) is 105 Å². The second-order valence-electron chi connectivity index (χ2n) is 12.5. The summed E-state index contributed by atoms with van der Waals surface area (Å²) >= 11 is 1.51. The number of rotatable bonds is 16. The molecule has 4 aromatic rings. The van der Waals surface area contributed by atoms with Crippen LogP contribution < -0.4 is 19.1 Å². The van der Waals surface area contributed by atoms with Gasteiger partial charge in [-0.25, -0.2) is 8.42 Å². The molecule has 0 aromatic heterocycles. The molecule has 0 spiro atoms. The highest BCUT2D eigenvalue weighted by Crippen LogP contribution is 2.29. The zero-order chi connectivity index (χ0) is 36.2. The SMILES string of the molecule is CCOc1ccc(N(CC(=O)N(Cc2cccc(OC)c2)[C@H](Cc2ccccc2)C(=O)NC2CCCCC2)S(=O)(=O)c2ccc(SC)cc2)cc1. The van der Waals surface area contributed by atoms with E-state index in [1.54, 1.807) is 55.6 Å². The molecule has 5 rings (SSSR count). The van der Waals surface area contributed by atoms with Crippen LogP contribution in [0.15, 0.2) is 113 Å². The van der Waals surface area contributed by atoms with Gasteiger partial charge in [-0.05, 0) is 97.8 Å². The van der Waals surface area contributed by atoms with Crippen molar-refractivity contribution in [1.29, 1.82) is 0 Å². The Labute approximate surface area is 306 Å². The lowest BCUT2D eigenvalue weighted by Crippen LogP contribution is -2.55. The Bertz CT molecular complexity index is 1830. The Morgan fingerprint density at radius 3 is 2.20 bits per heavy atom. The van der Waals surface area contributed by atoms with Crippen molar-refractivity contribution in [2.45, 2.75) is 73.9 Å². The number of hydrogen-bond acceptors (Lipinski definition) is 7. The number of ether oxygens (including phenoxy) is 2. The number of carbonyl (C=O) groups is 2. The summed E-state index contributed by atoms with van der Waals surface area (Å²) in [4.78, 5) is 31.7. The lowest BCUT2D eigenvalue weighted by atomic mass is 9.94. The summed E-state index contributed by atoms with van der Waals surface area (Å²) in [5, 5.41) is 3.25. The molecule has 1 aliphatic rings. The molecule has 1 aliphatic carbocycles. The first-order chi connectivity index (χ1) is 24.7. The van der Waals surface area contributed by atoms with Crippen molar-refractivity contribution in [3.05, 3.63) is 114 Å².